The minimum absolute atomic E-state index is 0.0806. The number of nitrogens with zero attached hydrogens (tertiary/aromatic N) is 3. The molecule has 3 aromatic rings. The number of hydrogen-bond acceptors (Lipinski definition) is 5. The van der Waals surface area contributed by atoms with Crippen LogP contribution >= 0.6 is 23.4 Å². The van der Waals surface area contributed by atoms with Gasteiger partial charge in [-0.05, 0) is 42.7 Å². The van der Waals surface area contributed by atoms with Crippen LogP contribution in [0.4, 0.5) is 0 Å². The van der Waals surface area contributed by atoms with E-state index in [2.05, 4.69) is 22.3 Å². The molecule has 27 heavy (non-hydrogen) atoms. The number of hydrogen-bond donors (Lipinski definition) is 0. The predicted molar refractivity (Wildman–Crippen MR) is 106 cm³/mol. The number of aromatic nitrogens is 2. The molecule has 7 heteroatoms. The summed E-state index contributed by atoms with van der Waals surface area (Å²) in [6, 6.07) is 15.5. The summed E-state index contributed by atoms with van der Waals surface area (Å²) >= 11 is 7.29. The van der Waals surface area contributed by atoms with Crippen molar-refractivity contribution in [3.05, 3.63) is 64.7 Å². The molecule has 0 saturated heterocycles. The minimum atomic E-state index is -0.303. The lowest BCUT2D eigenvalue weighted by molar-refractivity contribution is -0.131. The number of amides is 1. The molecule has 1 atom stereocenters. The fourth-order valence-electron chi connectivity index (χ4n) is 3.14. The minimum Gasteiger partial charge on any atom is -0.411 e. The molecule has 0 radical (unpaired) electrons. The van der Waals surface area contributed by atoms with Crippen molar-refractivity contribution in [2.75, 3.05) is 6.54 Å². The quantitative estimate of drug-likeness (QED) is 0.606. The first kappa shape index (κ1) is 18.1. The van der Waals surface area contributed by atoms with Gasteiger partial charge in [-0.3, -0.25) is 4.79 Å². The van der Waals surface area contributed by atoms with Crippen LogP contribution in [0, 0.1) is 0 Å². The van der Waals surface area contributed by atoms with Gasteiger partial charge in [-0.1, -0.05) is 53.7 Å². The molecule has 1 aromatic heterocycles. The highest BCUT2D eigenvalue weighted by Crippen LogP contribution is 2.29. The molecule has 4 rings (SSSR count). The van der Waals surface area contributed by atoms with E-state index in [0.29, 0.717) is 22.7 Å². The number of halogens is 1. The highest BCUT2D eigenvalue weighted by Gasteiger charge is 2.26. The summed E-state index contributed by atoms with van der Waals surface area (Å²) in [4.78, 5) is 14.7. The first-order valence-corrected chi connectivity index (χ1v) is 9.97. The van der Waals surface area contributed by atoms with Gasteiger partial charge in [-0.25, -0.2) is 0 Å². The van der Waals surface area contributed by atoms with E-state index in [1.54, 1.807) is 12.1 Å². The van der Waals surface area contributed by atoms with Crippen molar-refractivity contribution in [2.24, 2.45) is 0 Å². The Hall–Kier alpha value is -2.31. The standard InChI is InChI=1S/C20H18ClN3O2S/c1-13(19(25)24-10-9-14-5-2-3-6-16(14)12-24)27-20-23-22-18(26-20)15-7-4-8-17(21)11-15/h2-8,11,13H,9-10,12H2,1H3/t13-/m0/s1. The van der Waals surface area contributed by atoms with E-state index in [1.165, 1.54) is 22.9 Å². The number of carbonyl (C=O) groups is 1. The number of rotatable bonds is 4. The van der Waals surface area contributed by atoms with Gasteiger partial charge in [0.15, 0.2) is 0 Å². The Morgan fingerprint density at radius 3 is 2.81 bits per heavy atom. The van der Waals surface area contributed by atoms with Crippen molar-refractivity contribution in [1.82, 2.24) is 15.1 Å². The van der Waals surface area contributed by atoms with Crippen LogP contribution in [-0.2, 0) is 17.8 Å². The average Bonchev–Trinajstić information content (AvgIpc) is 3.15. The lowest BCUT2D eigenvalue weighted by atomic mass is 10.00. The fraction of sp³-hybridized carbons (Fsp3) is 0.250. The Bertz CT molecular complexity index is 975. The maximum Gasteiger partial charge on any atom is 0.277 e. The van der Waals surface area contributed by atoms with E-state index in [1.807, 2.05) is 36.1 Å². The summed E-state index contributed by atoms with van der Waals surface area (Å²) in [6.45, 7) is 3.26. The second kappa shape index (κ2) is 7.74. The third-order valence-corrected chi connectivity index (χ3v) is 5.70. The van der Waals surface area contributed by atoms with Crippen LogP contribution in [0.25, 0.3) is 11.5 Å². The maximum atomic E-state index is 12.8. The molecule has 0 aliphatic carbocycles. The molecule has 0 spiro atoms. The van der Waals surface area contributed by atoms with Crippen molar-refractivity contribution in [1.29, 1.82) is 0 Å². The number of carbonyl (C=O) groups excluding carboxylic acids is 1. The van der Waals surface area contributed by atoms with Crippen LogP contribution in [0.1, 0.15) is 18.1 Å². The second-order valence-corrected chi connectivity index (χ2v) is 8.15. The third kappa shape index (κ3) is 4.01. The van der Waals surface area contributed by atoms with Gasteiger partial charge in [0.2, 0.25) is 11.8 Å². The lowest BCUT2D eigenvalue weighted by Gasteiger charge is -2.30. The van der Waals surface area contributed by atoms with Gasteiger partial charge in [0, 0.05) is 23.7 Å². The highest BCUT2D eigenvalue weighted by molar-refractivity contribution is 8.00. The van der Waals surface area contributed by atoms with E-state index in [-0.39, 0.29) is 11.2 Å². The fourth-order valence-corrected chi connectivity index (χ4v) is 4.10. The Morgan fingerprint density at radius 2 is 2.00 bits per heavy atom. The van der Waals surface area contributed by atoms with Crippen molar-refractivity contribution in [3.63, 3.8) is 0 Å². The van der Waals surface area contributed by atoms with Crippen LogP contribution in [-0.4, -0.2) is 32.8 Å². The second-order valence-electron chi connectivity index (χ2n) is 6.42. The maximum absolute atomic E-state index is 12.8. The van der Waals surface area contributed by atoms with Crippen molar-refractivity contribution in [2.45, 2.75) is 30.4 Å². The highest BCUT2D eigenvalue weighted by atomic mass is 35.5. The summed E-state index contributed by atoms with van der Waals surface area (Å²) in [5.41, 5.74) is 3.30. The Balaban J connectivity index is 1.42. The molecule has 0 saturated carbocycles. The van der Waals surface area contributed by atoms with Gasteiger partial charge in [0.25, 0.3) is 5.22 Å². The lowest BCUT2D eigenvalue weighted by Crippen LogP contribution is -2.40. The summed E-state index contributed by atoms with van der Waals surface area (Å²) in [5.74, 6) is 0.476. The van der Waals surface area contributed by atoms with Gasteiger partial charge in [0.1, 0.15) is 0 Å². The molecule has 1 aliphatic rings. The van der Waals surface area contributed by atoms with E-state index in [0.717, 1.165) is 18.5 Å². The topological polar surface area (TPSA) is 59.2 Å². The number of thioether (sulfide) groups is 1. The van der Waals surface area contributed by atoms with Crippen LogP contribution in [0.2, 0.25) is 5.02 Å². The largest absolute Gasteiger partial charge is 0.411 e. The van der Waals surface area contributed by atoms with Gasteiger partial charge < -0.3 is 9.32 Å². The van der Waals surface area contributed by atoms with Crippen molar-refractivity contribution < 1.29 is 9.21 Å². The summed E-state index contributed by atoms with van der Waals surface area (Å²) < 4.78 is 5.70. The predicted octanol–water partition coefficient (Wildman–Crippen LogP) is 4.46. The molecule has 0 N–H and O–H groups in total. The zero-order chi connectivity index (χ0) is 18.8. The Labute approximate surface area is 166 Å². The summed E-state index contributed by atoms with van der Waals surface area (Å²) in [6.07, 6.45) is 0.888. The zero-order valence-electron chi connectivity index (χ0n) is 14.8. The molecule has 2 heterocycles. The molecular formula is C20H18ClN3O2S. The van der Waals surface area contributed by atoms with Gasteiger partial charge in [0.05, 0.1) is 5.25 Å². The van der Waals surface area contributed by atoms with E-state index in [9.17, 15) is 4.79 Å². The van der Waals surface area contributed by atoms with E-state index < -0.39 is 0 Å². The molecule has 5 nitrogen and oxygen atoms in total. The third-order valence-electron chi connectivity index (χ3n) is 4.55. The van der Waals surface area contributed by atoms with Crippen LogP contribution in [0.3, 0.4) is 0 Å². The Morgan fingerprint density at radius 1 is 1.19 bits per heavy atom. The van der Waals surface area contributed by atoms with Gasteiger partial charge >= 0.3 is 0 Å². The monoisotopic (exact) mass is 399 g/mol. The molecule has 1 aliphatic heterocycles. The molecule has 2 aromatic carbocycles. The van der Waals surface area contributed by atoms with Crippen molar-refractivity contribution >= 4 is 29.3 Å². The Kier molecular flexibility index (Phi) is 5.18. The van der Waals surface area contributed by atoms with Gasteiger partial charge in [-0.15, -0.1) is 10.2 Å². The van der Waals surface area contributed by atoms with Crippen LogP contribution in [0.5, 0.6) is 0 Å². The normalized spacial score (nSPS) is 14.7. The van der Waals surface area contributed by atoms with E-state index in [4.69, 9.17) is 16.0 Å². The number of benzene rings is 2. The average molecular weight is 400 g/mol. The molecular weight excluding hydrogens is 382 g/mol. The van der Waals surface area contributed by atoms with Crippen molar-refractivity contribution in [3.8, 4) is 11.5 Å². The van der Waals surface area contributed by atoms with E-state index >= 15 is 0 Å². The first-order chi connectivity index (χ1) is 13.1. The molecule has 0 unspecified atom stereocenters. The first-order valence-electron chi connectivity index (χ1n) is 8.72. The SMILES string of the molecule is C[C@H](Sc1nnc(-c2cccc(Cl)c2)o1)C(=O)N1CCc2ccccc2C1. The zero-order valence-corrected chi connectivity index (χ0v) is 16.3. The smallest absolute Gasteiger partial charge is 0.277 e. The summed E-state index contributed by atoms with van der Waals surface area (Å²) in [7, 11) is 0. The number of fused-ring (bicyclic) bond motifs is 1. The van der Waals surface area contributed by atoms with Gasteiger partial charge in [-0.2, -0.15) is 0 Å². The molecule has 0 bridgehead atoms. The van der Waals surface area contributed by atoms with Crippen LogP contribution < -0.4 is 0 Å². The molecule has 138 valence electrons. The summed E-state index contributed by atoms with van der Waals surface area (Å²) in [5, 5.41) is 8.80. The molecule has 1 amide bonds. The van der Waals surface area contributed by atoms with Crippen LogP contribution in [0.15, 0.2) is 58.2 Å². The molecule has 0 fully saturated rings.